The van der Waals surface area contributed by atoms with Gasteiger partial charge in [-0.1, -0.05) is 0 Å². The van der Waals surface area contributed by atoms with Gasteiger partial charge in [0, 0.05) is 17.5 Å². The van der Waals surface area contributed by atoms with E-state index in [1.165, 1.54) is 24.4 Å². The smallest absolute Gasteiger partial charge is 0.410 e. The van der Waals surface area contributed by atoms with Crippen LogP contribution >= 0.6 is 0 Å². The van der Waals surface area contributed by atoms with E-state index in [4.69, 9.17) is 9.47 Å². The molecule has 7 nitrogen and oxygen atoms in total. The number of carbonyl (C=O) groups excluding carboxylic acids is 1. The van der Waals surface area contributed by atoms with Gasteiger partial charge in [0.1, 0.15) is 5.82 Å². The topological polar surface area (TPSA) is 76.6 Å². The minimum Gasteiger partial charge on any atom is -0.453 e. The lowest BCUT2D eigenvalue weighted by Gasteiger charge is -2.33. The van der Waals surface area contributed by atoms with Gasteiger partial charge in [0.05, 0.1) is 44.8 Å². The van der Waals surface area contributed by atoms with Gasteiger partial charge in [-0.3, -0.25) is 4.90 Å². The molecule has 178 valence electrons. The number of halogens is 4. The molecule has 0 spiro atoms. The van der Waals surface area contributed by atoms with Crippen molar-refractivity contribution in [1.29, 1.82) is 0 Å². The molecule has 1 amide bonds. The molecule has 32 heavy (non-hydrogen) atoms. The van der Waals surface area contributed by atoms with Crippen LogP contribution in [0.15, 0.2) is 12.4 Å². The molecule has 4 rings (SSSR count). The number of rotatable bonds is 6. The van der Waals surface area contributed by atoms with E-state index in [1.807, 2.05) is 0 Å². The van der Waals surface area contributed by atoms with E-state index in [0.29, 0.717) is 18.2 Å². The highest BCUT2D eigenvalue weighted by Crippen LogP contribution is 2.61. The van der Waals surface area contributed by atoms with Crippen molar-refractivity contribution in [2.45, 2.75) is 74.8 Å². The van der Waals surface area contributed by atoms with Gasteiger partial charge in [0.25, 0.3) is 0 Å². The first-order chi connectivity index (χ1) is 15.1. The number of alkyl halides is 3. The first kappa shape index (κ1) is 23.2. The number of amides is 1. The Hall–Kier alpha value is -2.01. The van der Waals surface area contributed by atoms with Gasteiger partial charge in [-0.25, -0.2) is 19.2 Å². The molecule has 1 aromatic heterocycles. The number of methoxy groups -OCH3 is 1. The summed E-state index contributed by atoms with van der Waals surface area (Å²) in [4.78, 5) is 22.1. The Balaban J connectivity index is 1.36. The van der Waals surface area contributed by atoms with Gasteiger partial charge < -0.3 is 14.8 Å². The molecule has 3 fully saturated rings. The monoisotopic (exact) mass is 460 g/mol. The van der Waals surface area contributed by atoms with Gasteiger partial charge in [0.15, 0.2) is 5.82 Å². The fraction of sp³-hybridized carbons (Fsp3) is 0.762. The minimum absolute atomic E-state index is 0.0604. The van der Waals surface area contributed by atoms with Crippen LogP contribution in [0.25, 0.3) is 0 Å². The van der Waals surface area contributed by atoms with Gasteiger partial charge in [-0.15, -0.1) is 0 Å². The number of fused-ring (bicyclic) bond motifs is 1. The Bertz CT molecular complexity index is 824. The van der Waals surface area contributed by atoms with Gasteiger partial charge >= 0.3 is 12.3 Å². The molecule has 11 heteroatoms. The van der Waals surface area contributed by atoms with Crippen LogP contribution in [0.2, 0.25) is 0 Å². The third-order valence-corrected chi connectivity index (χ3v) is 7.10. The quantitative estimate of drug-likeness (QED) is 0.658. The summed E-state index contributed by atoms with van der Waals surface area (Å²) in [5.74, 6) is 0.541. The van der Waals surface area contributed by atoms with Crippen LogP contribution in [0.4, 0.5) is 22.4 Å². The average molecular weight is 460 g/mol. The molecular formula is C21H28F4N4O3. The van der Waals surface area contributed by atoms with Gasteiger partial charge in [0.2, 0.25) is 0 Å². The Kier molecular flexibility index (Phi) is 6.32. The number of nitrogens with zero attached hydrogens (tertiary/aromatic N) is 3. The molecule has 2 aliphatic carbocycles. The van der Waals surface area contributed by atoms with Crippen molar-refractivity contribution in [2.24, 2.45) is 5.92 Å². The normalized spacial score (nSPS) is 34.3. The maximum absolute atomic E-state index is 13.1. The van der Waals surface area contributed by atoms with E-state index in [2.05, 4.69) is 15.3 Å². The zero-order valence-electron chi connectivity index (χ0n) is 18.1. The summed E-state index contributed by atoms with van der Waals surface area (Å²) in [6.45, 7) is 0.801. The zero-order chi connectivity index (χ0) is 23.1. The minimum atomic E-state index is -4.34. The van der Waals surface area contributed by atoms with Crippen LogP contribution in [0.3, 0.4) is 0 Å². The van der Waals surface area contributed by atoms with E-state index in [0.717, 1.165) is 25.7 Å². The molecule has 0 aromatic carbocycles. The van der Waals surface area contributed by atoms with E-state index in [9.17, 15) is 22.4 Å². The fourth-order valence-corrected chi connectivity index (χ4v) is 5.43. The lowest BCUT2D eigenvalue weighted by molar-refractivity contribution is -0.127. The zero-order valence-corrected chi connectivity index (χ0v) is 18.1. The van der Waals surface area contributed by atoms with Crippen molar-refractivity contribution in [3.8, 4) is 0 Å². The highest BCUT2D eigenvalue weighted by molar-refractivity contribution is 5.69. The molecule has 1 saturated heterocycles. The van der Waals surface area contributed by atoms with Crippen molar-refractivity contribution < 1.29 is 31.8 Å². The highest BCUT2D eigenvalue weighted by Gasteiger charge is 2.60. The van der Waals surface area contributed by atoms with Crippen molar-refractivity contribution in [3.63, 3.8) is 0 Å². The van der Waals surface area contributed by atoms with Crippen molar-refractivity contribution in [1.82, 2.24) is 20.2 Å². The molecule has 0 radical (unpaired) electrons. The number of carbonyl (C=O) groups is 1. The van der Waals surface area contributed by atoms with Crippen LogP contribution in [0.1, 0.15) is 44.9 Å². The predicted octanol–water partition coefficient (Wildman–Crippen LogP) is 3.19. The summed E-state index contributed by atoms with van der Waals surface area (Å²) in [5.41, 5.74) is -0.121. The lowest BCUT2D eigenvalue weighted by atomic mass is 9.86. The van der Waals surface area contributed by atoms with Crippen molar-refractivity contribution >= 4 is 6.09 Å². The Morgan fingerprint density at radius 1 is 1.31 bits per heavy atom. The standard InChI is InChI=1S/C21H28F4N4O3/c1-12-5-16(28-11-21(23,24)25)17(29(12)19(30)31-2)10-32-15-3-4-20(7-13(20)6-15)18-26-8-14(22)9-27-18/h8-9,12-13,15-17,28H,3-7,10-11H2,1-2H3/t12-,13-,15+,16+,17+,20-/m1/s1. The van der Waals surface area contributed by atoms with Crippen LogP contribution in [0.5, 0.6) is 0 Å². The van der Waals surface area contributed by atoms with E-state index in [-0.39, 0.29) is 24.2 Å². The maximum Gasteiger partial charge on any atom is 0.410 e. The lowest BCUT2D eigenvalue weighted by Crippen LogP contribution is -2.50. The number of ether oxygens (including phenoxy) is 2. The number of hydrogen-bond donors (Lipinski definition) is 1. The fourth-order valence-electron chi connectivity index (χ4n) is 5.43. The van der Waals surface area contributed by atoms with Crippen LogP contribution in [0, 0.1) is 11.7 Å². The molecule has 2 saturated carbocycles. The number of likely N-dealkylation sites (tertiary alicyclic amines) is 1. The van der Waals surface area contributed by atoms with Gasteiger partial charge in [-0.05, 0) is 44.9 Å². The second kappa shape index (κ2) is 8.74. The number of nitrogens with one attached hydrogen (secondary N) is 1. The van der Waals surface area contributed by atoms with Crippen molar-refractivity contribution in [2.75, 3.05) is 20.3 Å². The van der Waals surface area contributed by atoms with Crippen LogP contribution in [-0.4, -0.2) is 71.6 Å². The van der Waals surface area contributed by atoms with E-state index in [1.54, 1.807) is 6.92 Å². The molecule has 0 bridgehead atoms. The molecular weight excluding hydrogens is 432 g/mol. The summed E-state index contributed by atoms with van der Waals surface area (Å²) >= 11 is 0. The maximum atomic E-state index is 13.1. The van der Waals surface area contributed by atoms with Gasteiger partial charge in [-0.2, -0.15) is 13.2 Å². The predicted molar refractivity (Wildman–Crippen MR) is 105 cm³/mol. The first-order valence-electron chi connectivity index (χ1n) is 10.9. The SMILES string of the molecule is COC(=O)N1[C@H](C)C[C@H](NCC(F)(F)F)[C@@H]1CO[C@H]1CC[C@@]2(c3ncc(F)cn3)C[C@H]2C1. The molecule has 1 N–H and O–H groups in total. The number of hydrogen-bond acceptors (Lipinski definition) is 6. The summed E-state index contributed by atoms with van der Waals surface area (Å²) < 4.78 is 62.4. The summed E-state index contributed by atoms with van der Waals surface area (Å²) in [7, 11) is 1.26. The highest BCUT2D eigenvalue weighted by atomic mass is 19.4. The van der Waals surface area contributed by atoms with E-state index < -0.39 is 36.7 Å². The first-order valence-corrected chi connectivity index (χ1v) is 10.9. The van der Waals surface area contributed by atoms with E-state index >= 15 is 0 Å². The molecule has 1 aromatic rings. The Morgan fingerprint density at radius 3 is 2.66 bits per heavy atom. The molecule has 3 aliphatic rings. The molecule has 6 atom stereocenters. The Labute approximate surface area is 183 Å². The Morgan fingerprint density at radius 2 is 2.03 bits per heavy atom. The molecule has 0 unspecified atom stereocenters. The van der Waals surface area contributed by atoms with Crippen LogP contribution in [-0.2, 0) is 14.9 Å². The average Bonchev–Trinajstić information content (AvgIpc) is 3.39. The van der Waals surface area contributed by atoms with Crippen molar-refractivity contribution in [3.05, 3.63) is 24.0 Å². The second-order valence-corrected chi connectivity index (χ2v) is 9.14. The number of aromatic nitrogens is 2. The third kappa shape index (κ3) is 4.68. The summed E-state index contributed by atoms with van der Waals surface area (Å²) in [6.07, 6.45) is 1.05. The second-order valence-electron chi connectivity index (χ2n) is 9.14. The summed E-state index contributed by atoms with van der Waals surface area (Å²) in [5, 5.41) is 2.55. The molecule has 2 heterocycles. The largest absolute Gasteiger partial charge is 0.453 e. The van der Waals surface area contributed by atoms with Crippen LogP contribution < -0.4 is 5.32 Å². The third-order valence-electron chi connectivity index (χ3n) is 7.10. The molecule has 1 aliphatic heterocycles. The summed E-state index contributed by atoms with van der Waals surface area (Å²) in [6, 6.07) is -1.35.